The van der Waals surface area contributed by atoms with E-state index in [1.807, 2.05) is 0 Å². The van der Waals surface area contributed by atoms with Crippen LogP contribution in [-0.2, 0) is 14.4 Å². The summed E-state index contributed by atoms with van der Waals surface area (Å²) in [4.78, 5) is 47.1. The Morgan fingerprint density at radius 1 is 1.20 bits per heavy atom. The van der Waals surface area contributed by atoms with Crippen LogP contribution >= 0.6 is 0 Å². The van der Waals surface area contributed by atoms with E-state index in [1.165, 1.54) is 11.9 Å². The third-order valence-electron chi connectivity index (χ3n) is 2.49. The molecule has 0 unspecified atom stereocenters. The summed E-state index contributed by atoms with van der Waals surface area (Å²) in [6.45, 7) is -0.180. The number of carbonyl (C=O) groups excluding carboxylic acids is 3. The second-order valence-electron chi connectivity index (χ2n) is 4.49. The number of rotatable bonds is 7. The van der Waals surface area contributed by atoms with Crippen LogP contribution in [0.4, 0.5) is 4.79 Å². The second kappa shape index (κ2) is 7.97. The van der Waals surface area contributed by atoms with Gasteiger partial charge >= 0.3 is 12.0 Å². The summed E-state index contributed by atoms with van der Waals surface area (Å²) in [5.74, 6) is -2.22. The maximum atomic E-state index is 11.7. The molecule has 4 N–H and O–H groups in total. The van der Waals surface area contributed by atoms with Gasteiger partial charge in [0.25, 0.3) is 0 Å². The summed E-state index contributed by atoms with van der Waals surface area (Å²) in [6, 6.07) is -1.94. The molecule has 0 rings (SSSR count). The van der Waals surface area contributed by atoms with Crippen LogP contribution in [0.2, 0.25) is 0 Å². The SMILES string of the molecule is CN(C)C(=O)CN(C)C(=O)N[C@H](CCC(N)=O)C(=O)O. The van der Waals surface area contributed by atoms with Crippen molar-refractivity contribution in [2.24, 2.45) is 5.73 Å². The highest BCUT2D eigenvalue weighted by Crippen LogP contribution is 1.99. The minimum absolute atomic E-state index is 0.105. The lowest BCUT2D eigenvalue weighted by Crippen LogP contribution is -2.49. The topological polar surface area (TPSA) is 133 Å². The number of likely N-dealkylation sites (N-methyl/N-ethyl adjacent to an activating group) is 2. The highest BCUT2D eigenvalue weighted by Gasteiger charge is 2.23. The fourth-order valence-corrected chi connectivity index (χ4v) is 1.22. The molecular weight excluding hydrogens is 268 g/mol. The Bertz CT molecular complexity index is 396. The van der Waals surface area contributed by atoms with Crippen LogP contribution in [0.15, 0.2) is 0 Å². The lowest BCUT2D eigenvalue weighted by atomic mass is 10.1. The number of carboxylic acid groups (broad SMARTS) is 1. The van der Waals surface area contributed by atoms with E-state index in [-0.39, 0.29) is 25.3 Å². The maximum Gasteiger partial charge on any atom is 0.326 e. The van der Waals surface area contributed by atoms with Gasteiger partial charge in [-0.05, 0) is 6.42 Å². The summed E-state index contributed by atoms with van der Waals surface area (Å²) in [7, 11) is 4.45. The molecular formula is C11H20N4O5. The number of hydrogen-bond donors (Lipinski definition) is 3. The van der Waals surface area contributed by atoms with E-state index >= 15 is 0 Å². The van der Waals surface area contributed by atoms with Gasteiger partial charge in [-0.2, -0.15) is 0 Å². The van der Waals surface area contributed by atoms with E-state index in [2.05, 4.69) is 5.32 Å². The molecule has 114 valence electrons. The Morgan fingerprint density at radius 2 is 1.75 bits per heavy atom. The molecule has 9 heteroatoms. The first kappa shape index (κ1) is 17.7. The number of carbonyl (C=O) groups is 4. The molecule has 0 aromatic heterocycles. The Hall–Kier alpha value is -2.32. The van der Waals surface area contributed by atoms with Crippen LogP contribution in [0.5, 0.6) is 0 Å². The minimum Gasteiger partial charge on any atom is -0.480 e. The van der Waals surface area contributed by atoms with Crippen LogP contribution in [0.1, 0.15) is 12.8 Å². The monoisotopic (exact) mass is 288 g/mol. The fraction of sp³-hybridized carbons (Fsp3) is 0.636. The molecule has 0 radical (unpaired) electrons. The van der Waals surface area contributed by atoms with E-state index in [1.54, 1.807) is 14.1 Å². The Morgan fingerprint density at radius 3 is 2.15 bits per heavy atom. The highest BCUT2D eigenvalue weighted by molar-refractivity contribution is 5.86. The van der Waals surface area contributed by atoms with Gasteiger partial charge < -0.3 is 26.0 Å². The van der Waals surface area contributed by atoms with Crippen molar-refractivity contribution in [3.05, 3.63) is 0 Å². The fourth-order valence-electron chi connectivity index (χ4n) is 1.22. The van der Waals surface area contributed by atoms with Gasteiger partial charge in [-0.1, -0.05) is 0 Å². The van der Waals surface area contributed by atoms with Gasteiger partial charge in [-0.15, -0.1) is 0 Å². The molecule has 0 saturated carbocycles. The molecule has 0 bridgehead atoms. The zero-order valence-corrected chi connectivity index (χ0v) is 11.8. The molecule has 0 aliphatic heterocycles. The molecule has 0 fully saturated rings. The number of nitrogens with two attached hydrogens (primary N) is 1. The van der Waals surface area contributed by atoms with Gasteiger partial charge in [0, 0.05) is 27.6 Å². The van der Waals surface area contributed by atoms with Gasteiger partial charge in [0.05, 0.1) is 0 Å². The number of aliphatic carboxylic acids is 1. The largest absolute Gasteiger partial charge is 0.480 e. The molecule has 0 spiro atoms. The van der Waals surface area contributed by atoms with E-state index < -0.39 is 23.9 Å². The van der Waals surface area contributed by atoms with E-state index in [9.17, 15) is 19.2 Å². The van der Waals surface area contributed by atoms with E-state index in [0.717, 1.165) is 4.90 Å². The molecule has 0 aliphatic carbocycles. The van der Waals surface area contributed by atoms with Crippen molar-refractivity contribution in [1.29, 1.82) is 0 Å². The Kier molecular flexibility index (Phi) is 7.05. The predicted molar refractivity (Wildman–Crippen MR) is 69.7 cm³/mol. The lowest BCUT2D eigenvalue weighted by molar-refractivity contribution is -0.139. The van der Waals surface area contributed by atoms with Crippen LogP contribution in [0.3, 0.4) is 0 Å². The molecule has 20 heavy (non-hydrogen) atoms. The van der Waals surface area contributed by atoms with Crippen LogP contribution < -0.4 is 11.1 Å². The average molecular weight is 288 g/mol. The third-order valence-corrected chi connectivity index (χ3v) is 2.49. The maximum absolute atomic E-state index is 11.7. The van der Waals surface area contributed by atoms with Crippen LogP contribution in [-0.4, -0.2) is 72.5 Å². The Labute approximate surface area is 116 Å². The molecule has 0 heterocycles. The lowest BCUT2D eigenvalue weighted by Gasteiger charge is -2.22. The zero-order valence-electron chi connectivity index (χ0n) is 11.8. The van der Waals surface area contributed by atoms with E-state index in [0.29, 0.717) is 0 Å². The number of urea groups is 1. The number of nitrogens with one attached hydrogen (secondary N) is 1. The highest BCUT2D eigenvalue weighted by atomic mass is 16.4. The number of hydrogen-bond acceptors (Lipinski definition) is 4. The zero-order chi connectivity index (χ0) is 15.9. The van der Waals surface area contributed by atoms with Gasteiger partial charge in [-0.3, -0.25) is 9.59 Å². The molecule has 1 atom stereocenters. The Balaban J connectivity index is 4.48. The number of primary amides is 1. The minimum atomic E-state index is -1.27. The van der Waals surface area contributed by atoms with E-state index in [4.69, 9.17) is 10.8 Å². The predicted octanol–water partition coefficient (Wildman–Crippen LogP) is -1.57. The van der Waals surface area contributed by atoms with Crippen LogP contribution in [0.25, 0.3) is 0 Å². The van der Waals surface area contributed by atoms with Gasteiger partial charge in [-0.25, -0.2) is 9.59 Å². The average Bonchev–Trinajstić information content (AvgIpc) is 2.32. The summed E-state index contributed by atoms with van der Waals surface area (Å²) in [5.41, 5.74) is 4.93. The molecule has 0 saturated heterocycles. The normalized spacial score (nSPS) is 11.3. The van der Waals surface area contributed by atoms with Gasteiger partial charge in [0.1, 0.15) is 12.6 Å². The smallest absolute Gasteiger partial charge is 0.326 e. The quantitative estimate of drug-likeness (QED) is 0.520. The van der Waals surface area contributed by atoms with Gasteiger partial charge in [0.2, 0.25) is 11.8 Å². The molecule has 0 aliphatic rings. The molecule has 4 amide bonds. The number of amides is 4. The standard InChI is InChI=1S/C11H20N4O5/c1-14(2)9(17)6-15(3)11(20)13-7(10(18)19)4-5-8(12)16/h7H,4-6H2,1-3H3,(H2,12,16)(H,13,20)(H,18,19)/t7-/m1/s1. The number of carboxylic acids is 1. The summed E-state index contributed by atoms with van der Waals surface area (Å²) < 4.78 is 0. The summed E-state index contributed by atoms with van der Waals surface area (Å²) in [6.07, 6.45) is -0.260. The summed E-state index contributed by atoms with van der Waals surface area (Å²) >= 11 is 0. The first-order chi connectivity index (χ1) is 9.15. The first-order valence-corrected chi connectivity index (χ1v) is 5.88. The summed E-state index contributed by atoms with van der Waals surface area (Å²) in [5, 5.41) is 11.2. The van der Waals surface area contributed by atoms with Crippen molar-refractivity contribution in [2.45, 2.75) is 18.9 Å². The first-order valence-electron chi connectivity index (χ1n) is 5.88. The van der Waals surface area contributed by atoms with Crippen molar-refractivity contribution < 1.29 is 24.3 Å². The van der Waals surface area contributed by atoms with Crippen molar-refractivity contribution >= 4 is 23.8 Å². The van der Waals surface area contributed by atoms with Crippen molar-refractivity contribution in [3.63, 3.8) is 0 Å². The molecule has 0 aromatic carbocycles. The molecule has 9 nitrogen and oxygen atoms in total. The van der Waals surface area contributed by atoms with Crippen LogP contribution in [0, 0.1) is 0 Å². The molecule has 0 aromatic rings. The van der Waals surface area contributed by atoms with Crippen molar-refractivity contribution in [3.8, 4) is 0 Å². The third kappa shape index (κ3) is 6.57. The second-order valence-corrected chi connectivity index (χ2v) is 4.49. The van der Waals surface area contributed by atoms with Gasteiger partial charge in [0.15, 0.2) is 0 Å². The van der Waals surface area contributed by atoms with Crippen molar-refractivity contribution in [2.75, 3.05) is 27.7 Å². The number of nitrogens with zero attached hydrogens (tertiary/aromatic N) is 2. The van der Waals surface area contributed by atoms with Crippen molar-refractivity contribution in [1.82, 2.24) is 15.1 Å².